The predicted octanol–water partition coefficient (Wildman–Crippen LogP) is 3.29. The van der Waals surface area contributed by atoms with Crippen LogP contribution < -0.4 is 5.32 Å². The number of carbonyl (C=O) groups excluding carboxylic acids is 1. The van der Waals surface area contributed by atoms with Crippen LogP contribution in [0.2, 0.25) is 0 Å². The number of carbonyl (C=O) groups is 1. The number of benzene rings is 1. The van der Waals surface area contributed by atoms with E-state index < -0.39 is 5.41 Å². The van der Waals surface area contributed by atoms with Crippen LogP contribution in [0.15, 0.2) is 40.9 Å². The van der Waals surface area contributed by atoms with Crippen molar-refractivity contribution in [3.63, 3.8) is 0 Å². The summed E-state index contributed by atoms with van der Waals surface area (Å²) >= 11 is 0. The molecule has 1 saturated carbocycles. The third-order valence-corrected chi connectivity index (χ3v) is 4.23. The van der Waals surface area contributed by atoms with Gasteiger partial charge in [0.25, 0.3) is 0 Å². The Morgan fingerprint density at radius 1 is 1.38 bits per heavy atom. The van der Waals surface area contributed by atoms with Gasteiger partial charge in [0.2, 0.25) is 5.91 Å². The van der Waals surface area contributed by atoms with Crippen molar-refractivity contribution in [3.05, 3.63) is 42.1 Å². The number of amides is 1. The third kappa shape index (κ3) is 2.58. The summed E-state index contributed by atoms with van der Waals surface area (Å²) in [7, 11) is 0. The molecule has 0 aliphatic heterocycles. The molecule has 0 radical (unpaired) electrons. The predicted molar refractivity (Wildman–Crippen MR) is 80.7 cm³/mol. The fraction of sp³-hybridized carbons (Fsp3) is 0.412. The molecule has 3 rings (SSSR count). The Bertz CT molecular complexity index is 629. The molecule has 1 amide bonds. The monoisotopic (exact) mass is 284 g/mol. The van der Waals surface area contributed by atoms with Crippen LogP contribution in [0.4, 0.5) is 0 Å². The van der Waals surface area contributed by atoms with Crippen molar-refractivity contribution < 1.29 is 9.32 Å². The molecule has 1 heterocycles. The molecular formula is C17H20N2O2. The lowest BCUT2D eigenvalue weighted by atomic mass is 9.99. The fourth-order valence-electron chi connectivity index (χ4n) is 2.43. The summed E-state index contributed by atoms with van der Waals surface area (Å²) in [5.74, 6) is 0.790. The van der Waals surface area contributed by atoms with Gasteiger partial charge in [-0.2, -0.15) is 0 Å². The molecule has 1 N–H and O–H groups in total. The van der Waals surface area contributed by atoms with Crippen molar-refractivity contribution in [1.29, 1.82) is 0 Å². The Morgan fingerprint density at radius 2 is 2.10 bits per heavy atom. The maximum atomic E-state index is 12.5. The first-order valence-electron chi connectivity index (χ1n) is 7.49. The third-order valence-electron chi connectivity index (χ3n) is 4.23. The summed E-state index contributed by atoms with van der Waals surface area (Å²) < 4.78 is 5.43. The molecule has 1 aliphatic rings. The van der Waals surface area contributed by atoms with Crippen molar-refractivity contribution in [2.45, 2.75) is 44.6 Å². The minimum atomic E-state index is -0.472. The molecule has 1 fully saturated rings. The molecule has 2 aromatic rings. The van der Waals surface area contributed by atoms with Gasteiger partial charge in [-0.05, 0) is 26.2 Å². The lowest BCUT2D eigenvalue weighted by molar-refractivity contribution is -0.124. The number of rotatable bonds is 5. The maximum Gasteiger partial charge on any atom is 0.232 e. The maximum absolute atomic E-state index is 12.5. The second kappa shape index (κ2) is 5.35. The van der Waals surface area contributed by atoms with Gasteiger partial charge in [-0.3, -0.25) is 4.79 Å². The van der Waals surface area contributed by atoms with Gasteiger partial charge in [0.15, 0.2) is 5.76 Å². The Balaban J connectivity index is 1.81. The highest BCUT2D eigenvalue weighted by molar-refractivity contribution is 5.91. The Hall–Kier alpha value is -2.10. The molecule has 0 spiro atoms. The molecule has 110 valence electrons. The van der Waals surface area contributed by atoms with Crippen LogP contribution in [0.3, 0.4) is 0 Å². The summed E-state index contributed by atoms with van der Waals surface area (Å²) in [5.41, 5.74) is 1.26. The Morgan fingerprint density at radius 3 is 2.71 bits per heavy atom. The van der Waals surface area contributed by atoms with Gasteiger partial charge in [0.1, 0.15) is 0 Å². The molecule has 0 bridgehead atoms. The van der Waals surface area contributed by atoms with E-state index in [9.17, 15) is 4.79 Å². The largest absolute Gasteiger partial charge is 0.356 e. The minimum Gasteiger partial charge on any atom is -0.356 e. The van der Waals surface area contributed by atoms with E-state index in [0.717, 1.165) is 30.5 Å². The zero-order valence-corrected chi connectivity index (χ0v) is 12.4. The molecule has 1 atom stereocenters. The van der Waals surface area contributed by atoms with Crippen LogP contribution in [0.25, 0.3) is 11.3 Å². The average Bonchev–Trinajstić information content (AvgIpc) is 3.18. The zero-order chi connectivity index (χ0) is 14.9. The van der Waals surface area contributed by atoms with Crippen LogP contribution >= 0.6 is 0 Å². The van der Waals surface area contributed by atoms with Crippen molar-refractivity contribution in [2.75, 3.05) is 0 Å². The summed E-state index contributed by atoms with van der Waals surface area (Å²) in [6.07, 6.45) is 2.61. The van der Waals surface area contributed by atoms with Gasteiger partial charge in [-0.15, -0.1) is 0 Å². The second-order valence-electron chi connectivity index (χ2n) is 5.81. The highest BCUT2D eigenvalue weighted by atomic mass is 16.5. The number of nitrogens with zero attached hydrogens (tertiary/aromatic N) is 1. The topological polar surface area (TPSA) is 55.1 Å². The lowest BCUT2D eigenvalue weighted by Gasteiger charge is -2.16. The normalized spacial score (nSPS) is 17.2. The van der Waals surface area contributed by atoms with E-state index >= 15 is 0 Å². The fourth-order valence-corrected chi connectivity index (χ4v) is 2.43. The van der Waals surface area contributed by atoms with Crippen molar-refractivity contribution >= 4 is 5.91 Å². The highest BCUT2D eigenvalue weighted by Gasteiger charge is 2.53. The van der Waals surface area contributed by atoms with Gasteiger partial charge in [0, 0.05) is 17.7 Å². The first kappa shape index (κ1) is 13.9. The van der Waals surface area contributed by atoms with Gasteiger partial charge in [0.05, 0.1) is 11.1 Å². The standard InChI is InChI=1S/C17H20N2O2/c1-3-12(2)18-16(20)17(9-10-17)15-11-14(21-19-15)13-7-5-4-6-8-13/h4-8,11-12H,3,9-10H2,1-2H3,(H,18,20). The quantitative estimate of drug-likeness (QED) is 0.916. The molecule has 1 aromatic carbocycles. The van der Waals surface area contributed by atoms with E-state index in [-0.39, 0.29) is 11.9 Å². The van der Waals surface area contributed by atoms with E-state index in [2.05, 4.69) is 17.4 Å². The Labute approximate surface area is 124 Å². The second-order valence-corrected chi connectivity index (χ2v) is 5.81. The summed E-state index contributed by atoms with van der Waals surface area (Å²) in [5, 5.41) is 7.20. The molecular weight excluding hydrogens is 264 g/mol. The van der Waals surface area contributed by atoms with E-state index in [4.69, 9.17) is 4.52 Å². The number of hydrogen-bond donors (Lipinski definition) is 1. The summed E-state index contributed by atoms with van der Waals surface area (Å²) in [4.78, 5) is 12.5. The average molecular weight is 284 g/mol. The van der Waals surface area contributed by atoms with E-state index in [1.165, 1.54) is 0 Å². The van der Waals surface area contributed by atoms with E-state index in [1.807, 2.05) is 43.3 Å². The first-order chi connectivity index (χ1) is 10.2. The number of hydrogen-bond acceptors (Lipinski definition) is 3. The molecule has 4 nitrogen and oxygen atoms in total. The SMILES string of the molecule is CCC(C)NC(=O)C1(c2cc(-c3ccccc3)on2)CC1. The minimum absolute atomic E-state index is 0.0739. The number of nitrogens with one attached hydrogen (secondary N) is 1. The van der Waals surface area contributed by atoms with Crippen molar-refractivity contribution in [1.82, 2.24) is 10.5 Å². The molecule has 1 unspecified atom stereocenters. The van der Waals surface area contributed by atoms with Gasteiger partial charge in [-0.25, -0.2) is 0 Å². The molecule has 21 heavy (non-hydrogen) atoms. The van der Waals surface area contributed by atoms with Crippen molar-refractivity contribution in [3.8, 4) is 11.3 Å². The van der Waals surface area contributed by atoms with Crippen LogP contribution in [0, 0.1) is 0 Å². The van der Waals surface area contributed by atoms with Crippen LogP contribution in [0.5, 0.6) is 0 Å². The van der Waals surface area contributed by atoms with Gasteiger partial charge >= 0.3 is 0 Å². The lowest BCUT2D eigenvalue weighted by Crippen LogP contribution is -2.40. The van der Waals surface area contributed by atoms with E-state index in [1.54, 1.807) is 0 Å². The van der Waals surface area contributed by atoms with Gasteiger partial charge < -0.3 is 9.84 Å². The first-order valence-corrected chi connectivity index (χ1v) is 7.49. The molecule has 1 aliphatic carbocycles. The molecule has 4 heteroatoms. The van der Waals surface area contributed by atoms with Crippen LogP contribution in [-0.4, -0.2) is 17.1 Å². The molecule has 0 saturated heterocycles. The van der Waals surface area contributed by atoms with Crippen molar-refractivity contribution in [2.24, 2.45) is 0 Å². The van der Waals surface area contributed by atoms with Crippen LogP contribution in [0.1, 0.15) is 38.8 Å². The summed E-state index contributed by atoms with van der Waals surface area (Å²) in [6.45, 7) is 4.08. The smallest absolute Gasteiger partial charge is 0.232 e. The summed E-state index contributed by atoms with van der Waals surface area (Å²) in [6, 6.07) is 11.9. The molecule has 1 aromatic heterocycles. The Kier molecular flexibility index (Phi) is 3.53. The highest BCUT2D eigenvalue weighted by Crippen LogP contribution is 2.48. The van der Waals surface area contributed by atoms with E-state index in [0.29, 0.717) is 5.76 Å². The zero-order valence-electron chi connectivity index (χ0n) is 12.4. The van der Waals surface area contributed by atoms with Crippen LogP contribution in [-0.2, 0) is 10.2 Å². The number of aromatic nitrogens is 1. The van der Waals surface area contributed by atoms with Gasteiger partial charge in [-0.1, -0.05) is 42.4 Å².